The van der Waals surface area contributed by atoms with Gasteiger partial charge in [-0.1, -0.05) is 40.5 Å². The van der Waals surface area contributed by atoms with Crippen molar-refractivity contribution < 1.29 is 13.9 Å². The van der Waals surface area contributed by atoms with Gasteiger partial charge >= 0.3 is 0 Å². The average molecular weight is 421 g/mol. The van der Waals surface area contributed by atoms with Gasteiger partial charge in [0.1, 0.15) is 5.69 Å². The first-order valence-electron chi connectivity index (χ1n) is 9.71. The van der Waals surface area contributed by atoms with E-state index in [1.165, 1.54) is 10.7 Å². The quantitative estimate of drug-likeness (QED) is 0.508. The van der Waals surface area contributed by atoms with Gasteiger partial charge in [-0.3, -0.25) is 14.8 Å². The van der Waals surface area contributed by atoms with E-state index < -0.39 is 5.82 Å². The molecule has 0 aliphatic carbocycles. The van der Waals surface area contributed by atoms with Gasteiger partial charge in [0, 0.05) is 24.2 Å². The smallest absolute Gasteiger partial charge is 0.275 e. The molecule has 0 fully saturated rings. The molecule has 0 spiro atoms. The maximum absolute atomic E-state index is 14.2. The van der Waals surface area contributed by atoms with Crippen LogP contribution in [0.1, 0.15) is 63.1 Å². The van der Waals surface area contributed by atoms with Gasteiger partial charge in [0.2, 0.25) is 0 Å². The minimum absolute atomic E-state index is 0.0736. The summed E-state index contributed by atoms with van der Waals surface area (Å²) in [7, 11) is 1.70. The number of carbonyl (C=O) groups is 1. The highest BCUT2D eigenvalue weighted by Crippen LogP contribution is 2.22. The molecule has 0 atom stereocenters. The van der Waals surface area contributed by atoms with Crippen molar-refractivity contribution >= 4 is 28.9 Å². The molecular weight excluding hydrogens is 391 g/mol. The van der Waals surface area contributed by atoms with Crippen LogP contribution in [-0.2, 0) is 12.5 Å². The summed E-state index contributed by atoms with van der Waals surface area (Å²) >= 11 is 5.18. The number of carbonyl (C=O) groups excluding carboxylic acids is 1. The molecule has 1 aromatic heterocycles. The summed E-state index contributed by atoms with van der Waals surface area (Å²) in [6, 6.07) is 6.22. The van der Waals surface area contributed by atoms with Crippen molar-refractivity contribution in [2.24, 2.45) is 7.05 Å². The lowest BCUT2D eigenvalue weighted by molar-refractivity contribution is 0.0968. The third kappa shape index (κ3) is 6.52. The highest BCUT2D eigenvalue weighted by atomic mass is 32.1. The molecule has 2 rings (SSSR count). The number of thiocarbonyl (C=S) groups is 1. The second-order valence-electron chi connectivity index (χ2n) is 7.90. The lowest BCUT2D eigenvalue weighted by Gasteiger charge is -2.13. The number of unbranched alkanes of at least 4 members (excludes halogenated alkanes) is 2. The Morgan fingerprint density at radius 3 is 2.59 bits per heavy atom. The number of nitrogens with one attached hydrogen (secondary N) is 2. The highest BCUT2D eigenvalue weighted by Gasteiger charge is 2.22. The van der Waals surface area contributed by atoms with Gasteiger partial charge in [-0.2, -0.15) is 5.10 Å². The van der Waals surface area contributed by atoms with Crippen molar-refractivity contribution in [2.75, 3.05) is 11.9 Å². The molecule has 0 aliphatic rings. The molecule has 29 heavy (non-hydrogen) atoms. The van der Waals surface area contributed by atoms with E-state index in [4.69, 9.17) is 17.0 Å². The van der Waals surface area contributed by atoms with Crippen molar-refractivity contribution in [3.05, 3.63) is 41.5 Å². The first-order chi connectivity index (χ1) is 13.6. The fourth-order valence-electron chi connectivity index (χ4n) is 2.61. The van der Waals surface area contributed by atoms with Gasteiger partial charge in [-0.05, 0) is 36.8 Å². The van der Waals surface area contributed by atoms with E-state index in [1.807, 2.05) is 20.8 Å². The summed E-state index contributed by atoms with van der Waals surface area (Å²) in [5.74, 6) is -0.669. The molecular formula is C21H29FN4O2S. The van der Waals surface area contributed by atoms with Crippen molar-refractivity contribution in [3.8, 4) is 5.75 Å². The van der Waals surface area contributed by atoms with Gasteiger partial charge in [0.05, 0.1) is 12.3 Å². The zero-order chi connectivity index (χ0) is 21.6. The van der Waals surface area contributed by atoms with Gasteiger partial charge in [0.25, 0.3) is 5.91 Å². The largest absolute Gasteiger partial charge is 0.491 e. The van der Waals surface area contributed by atoms with Gasteiger partial charge < -0.3 is 10.1 Å². The third-order valence-electron chi connectivity index (χ3n) is 4.30. The summed E-state index contributed by atoms with van der Waals surface area (Å²) in [5, 5.41) is 9.87. The van der Waals surface area contributed by atoms with Crippen LogP contribution in [0.2, 0.25) is 0 Å². The monoisotopic (exact) mass is 420 g/mol. The maximum atomic E-state index is 14.2. The van der Waals surface area contributed by atoms with Crippen LogP contribution in [0.15, 0.2) is 24.3 Å². The number of ether oxygens (including phenoxy) is 1. The molecule has 0 radical (unpaired) electrons. The molecule has 1 heterocycles. The molecule has 2 aromatic rings. The summed E-state index contributed by atoms with van der Waals surface area (Å²) in [5.41, 5.74) is 1.45. The predicted molar refractivity (Wildman–Crippen MR) is 117 cm³/mol. The van der Waals surface area contributed by atoms with Gasteiger partial charge in [-0.25, -0.2) is 4.39 Å². The number of nitrogens with zero attached hydrogens (tertiary/aromatic N) is 2. The molecule has 8 heteroatoms. The zero-order valence-electron chi connectivity index (χ0n) is 17.6. The molecule has 6 nitrogen and oxygen atoms in total. The maximum Gasteiger partial charge on any atom is 0.275 e. The molecule has 2 N–H and O–H groups in total. The molecule has 1 aromatic carbocycles. The van der Waals surface area contributed by atoms with Crippen LogP contribution in [0.25, 0.3) is 0 Å². The third-order valence-corrected chi connectivity index (χ3v) is 4.51. The first-order valence-corrected chi connectivity index (χ1v) is 10.1. The summed E-state index contributed by atoms with van der Waals surface area (Å²) in [6.45, 7) is 8.65. The molecule has 1 amide bonds. The molecule has 0 aliphatic heterocycles. The predicted octanol–water partition coefficient (Wildman–Crippen LogP) is 4.55. The van der Waals surface area contributed by atoms with Crippen molar-refractivity contribution in [3.63, 3.8) is 0 Å². The minimum Gasteiger partial charge on any atom is -0.491 e. The Labute approximate surface area is 176 Å². The molecule has 0 unspecified atom stereocenters. The SMILES string of the molecule is CCCCCOc1ccc(NC(=S)NC(=O)c2cc(C(C)(C)C)nn2C)cc1F. The lowest BCUT2D eigenvalue weighted by atomic mass is 9.92. The number of hydrogen-bond donors (Lipinski definition) is 2. The zero-order valence-corrected chi connectivity index (χ0v) is 18.5. The van der Waals surface area contributed by atoms with E-state index in [9.17, 15) is 9.18 Å². The first kappa shape index (κ1) is 22.8. The minimum atomic E-state index is -0.484. The van der Waals surface area contributed by atoms with Crippen LogP contribution in [0.4, 0.5) is 10.1 Å². The van der Waals surface area contributed by atoms with E-state index in [0.29, 0.717) is 18.0 Å². The number of benzene rings is 1. The Kier molecular flexibility index (Phi) is 7.73. The van der Waals surface area contributed by atoms with Gasteiger partial charge in [0.15, 0.2) is 16.7 Å². The number of aromatic nitrogens is 2. The standard InChI is InChI=1S/C21H29FN4O2S/c1-6-7-8-11-28-17-10-9-14(12-15(17)22)23-20(29)24-19(27)16-13-18(21(2,3)4)25-26(16)5/h9-10,12-13H,6-8,11H2,1-5H3,(H2,23,24,27,29). The topological polar surface area (TPSA) is 68.2 Å². The van der Waals surface area contributed by atoms with Crippen molar-refractivity contribution in [1.82, 2.24) is 15.1 Å². The fraction of sp³-hybridized carbons (Fsp3) is 0.476. The van der Waals surface area contributed by atoms with Crippen LogP contribution in [0.3, 0.4) is 0 Å². The van der Waals surface area contributed by atoms with Crippen LogP contribution in [0.5, 0.6) is 5.75 Å². The molecule has 0 saturated heterocycles. The number of hydrogen-bond acceptors (Lipinski definition) is 4. The summed E-state index contributed by atoms with van der Waals surface area (Å²) in [4.78, 5) is 12.5. The fourth-order valence-corrected chi connectivity index (χ4v) is 2.82. The Bertz CT molecular complexity index is 874. The summed E-state index contributed by atoms with van der Waals surface area (Å²) in [6.07, 6.45) is 3.01. The normalized spacial score (nSPS) is 11.2. The number of aryl methyl sites for hydroxylation is 1. The lowest BCUT2D eigenvalue weighted by Crippen LogP contribution is -2.35. The van der Waals surface area contributed by atoms with Crippen LogP contribution in [-0.4, -0.2) is 27.4 Å². The Hall–Kier alpha value is -2.48. The van der Waals surface area contributed by atoms with E-state index >= 15 is 0 Å². The Balaban J connectivity index is 1.96. The molecule has 0 bridgehead atoms. The van der Waals surface area contributed by atoms with E-state index in [0.717, 1.165) is 25.0 Å². The number of amides is 1. The highest BCUT2D eigenvalue weighted by molar-refractivity contribution is 7.80. The number of rotatable bonds is 7. The van der Waals surface area contributed by atoms with E-state index in [2.05, 4.69) is 22.7 Å². The number of anilines is 1. The van der Waals surface area contributed by atoms with E-state index in [-0.39, 0.29) is 22.2 Å². The second kappa shape index (κ2) is 9.82. The van der Waals surface area contributed by atoms with Crippen LogP contribution >= 0.6 is 12.2 Å². The van der Waals surface area contributed by atoms with E-state index in [1.54, 1.807) is 25.2 Å². The Morgan fingerprint density at radius 1 is 1.28 bits per heavy atom. The van der Waals surface area contributed by atoms with Gasteiger partial charge in [-0.15, -0.1) is 0 Å². The number of halogens is 1. The molecule has 0 saturated carbocycles. The molecule has 158 valence electrons. The van der Waals surface area contributed by atoms with Crippen molar-refractivity contribution in [1.29, 1.82) is 0 Å². The Morgan fingerprint density at radius 2 is 2.00 bits per heavy atom. The second-order valence-corrected chi connectivity index (χ2v) is 8.31. The average Bonchev–Trinajstić information content (AvgIpc) is 3.02. The van der Waals surface area contributed by atoms with Crippen molar-refractivity contribution in [2.45, 2.75) is 52.4 Å². The van der Waals surface area contributed by atoms with Crippen LogP contribution in [0, 0.1) is 5.82 Å². The van der Waals surface area contributed by atoms with Crippen LogP contribution < -0.4 is 15.4 Å². The summed E-state index contributed by atoms with van der Waals surface area (Å²) < 4.78 is 21.2.